The maximum atomic E-state index is 12.6. The number of halogens is 1. The van der Waals surface area contributed by atoms with Crippen LogP contribution in [0.5, 0.6) is 5.75 Å². The number of aromatic nitrogens is 2. The van der Waals surface area contributed by atoms with Crippen molar-refractivity contribution in [2.75, 3.05) is 38.7 Å². The number of rotatable bonds is 2. The van der Waals surface area contributed by atoms with Gasteiger partial charge in [-0.3, -0.25) is 9.78 Å². The molecule has 0 aliphatic carbocycles. The van der Waals surface area contributed by atoms with E-state index in [2.05, 4.69) is 49.8 Å². The first-order chi connectivity index (χ1) is 11.0. The Kier molecular flexibility index (Phi) is 3.57. The standard InChI is InChI=1S/C16H19BrN4O2/c1-20(2)9-7-21(8-9)16-18-12-6-11(17)10-4-3-5-23-14(10)13(12)15(22)19-16/h6,9H,3-5,7-8H2,1-2H3,(H,18,19,22). The number of nitrogens with one attached hydrogen (secondary N) is 1. The number of hydrogen-bond acceptors (Lipinski definition) is 5. The van der Waals surface area contributed by atoms with Crippen LogP contribution < -0.4 is 15.2 Å². The zero-order valence-corrected chi connectivity index (χ0v) is 14.8. The summed E-state index contributed by atoms with van der Waals surface area (Å²) in [6.07, 6.45) is 1.89. The fourth-order valence-electron chi connectivity index (χ4n) is 3.19. The lowest BCUT2D eigenvalue weighted by Gasteiger charge is -2.43. The minimum absolute atomic E-state index is 0.121. The Bertz CT molecular complexity index is 827. The number of likely N-dealkylation sites (N-methyl/N-ethyl adjacent to an activating group) is 1. The average Bonchev–Trinajstić information content (AvgIpc) is 2.45. The van der Waals surface area contributed by atoms with E-state index in [1.807, 2.05) is 6.07 Å². The fourth-order valence-corrected chi connectivity index (χ4v) is 3.78. The van der Waals surface area contributed by atoms with Crippen molar-refractivity contribution in [2.24, 2.45) is 0 Å². The molecule has 23 heavy (non-hydrogen) atoms. The van der Waals surface area contributed by atoms with Gasteiger partial charge in [-0.15, -0.1) is 0 Å². The number of aromatic amines is 1. The molecular formula is C16H19BrN4O2. The number of nitrogens with zero attached hydrogens (tertiary/aromatic N) is 3. The number of benzene rings is 1. The second-order valence-electron chi connectivity index (χ2n) is 6.42. The van der Waals surface area contributed by atoms with Crippen molar-refractivity contribution in [1.82, 2.24) is 14.9 Å². The minimum atomic E-state index is -0.121. The summed E-state index contributed by atoms with van der Waals surface area (Å²) in [5.74, 6) is 1.33. The molecule has 0 atom stereocenters. The highest BCUT2D eigenvalue weighted by molar-refractivity contribution is 9.10. The van der Waals surface area contributed by atoms with Gasteiger partial charge in [0.15, 0.2) is 0 Å². The van der Waals surface area contributed by atoms with E-state index in [-0.39, 0.29) is 5.56 Å². The quantitative estimate of drug-likeness (QED) is 0.862. The van der Waals surface area contributed by atoms with Crippen molar-refractivity contribution in [3.8, 4) is 5.75 Å². The first-order valence-corrected chi connectivity index (χ1v) is 8.63. The van der Waals surface area contributed by atoms with Gasteiger partial charge in [0.2, 0.25) is 5.95 Å². The summed E-state index contributed by atoms with van der Waals surface area (Å²) >= 11 is 3.60. The Morgan fingerprint density at radius 1 is 1.43 bits per heavy atom. The first kappa shape index (κ1) is 15.0. The van der Waals surface area contributed by atoms with Gasteiger partial charge in [0.25, 0.3) is 5.56 Å². The summed E-state index contributed by atoms with van der Waals surface area (Å²) < 4.78 is 6.75. The molecule has 0 radical (unpaired) electrons. The minimum Gasteiger partial charge on any atom is -0.492 e. The zero-order chi connectivity index (χ0) is 16.1. The summed E-state index contributed by atoms with van der Waals surface area (Å²) in [4.78, 5) is 24.5. The summed E-state index contributed by atoms with van der Waals surface area (Å²) in [7, 11) is 4.14. The van der Waals surface area contributed by atoms with E-state index >= 15 is 0 Å². The third-order valence-corrected chi connectivity index (χ3v) is 5.40. The first-order valence-electron chi connectivity index (χ1n) is 7.84. The maximum Gasteiger partial charge on any atom is 0.263 e. The molecule has 1 aromatic heterocycles. The Hall–Kier alpha value is -1.60. The predicted molar refractivity (Wildman–Crippen MR) is 93.6 cm³/mol. The van der Waals surface area contributed by atoms with Gasteiger partial charge in [-0.1, -0.05) is 15.9 Å². The number of ether oxygens (including phenoxy) is 1. The molecule has 6 nitrogen and oxygen atoms in total. The second-order valence-corrected chi connectivity index (χ2v) is 7.28. The van der Waals surface area contributed by atoms with Crippen LogP contribution >= 0.6 is 15.9 Å². The molecule has 1 fully saturated rings. The van der Waals surface area contributed by atoms with E-state index in [0.29, 0.717) is 35.2 Å². The molecule has 1 N–H and O–H groups in total. The molecule has 0 unspecified atom stereocenters. The van der Waals surface area contributed by atoms with Gasteiger partial charge in [0.05, 0.1) is 12.1 Å². The van der Waals surface area contributed by atoms with E-state index in [1.165, 1.54) is 0 Å². The largest absolute Gasteiger partial charge is 0.492 e. The molecule has 3 heterocycles. The molecule has 4 rings (SSSR count). The topological polar surface area (TPSA) is 61.5 Å². The lowest BCUT2D eigenvalue weighted by atomic mass is 10.0. The molecule has 7 heteroatoms. The van der Waals surface area contributed by atoms with E-state index < -0.39 is 0 Å². The lowest BCUT2D eigenvalue weighted by molar-refractivity contribution is 0.245. The number of H-pyrrole nitrogens is 1. The van der Waals surface area contributed by atoms with Crippen LogP contribution in [0.2, 0.25) is 0 Å². The Labute approximate surface area is 142 Å². The number of anilines is 1. The summed E-state index contributed by atoms with van der Waals surface area (Å²) in [6.45, 7) is 2.41. The van der Waals surface area contributed by atoms with Crippen LogP contribution in [0.1, 0.15) is 12.0 Å². The van der Waals surface area contributed by atoms with Gasteiger partial charge in [0.1, 0.15) is 11.1 Å². The van der Waals surface area contributed by atoms with Crippen molar-refractivity contribution in [2.45, 2.75) is 18.9 Å². The maximum absolute atomic E-state index is 12.6. The van der Waals surface area contributed by atoms with Crippen molar-refractivity contribution in [1.29, 1.82) is 0 Å². The van der Waals surface area contributed by atoms with Crippen LogP contribution in [0, 0.1) is 0 Å². The monoisotopic (exact) mass is 378 g/mol. The van der Waals surface area contributed by atoms with Crippen LogP contribution in [0.25, 0.3) is 10.9 Å². The summed E-state index contributed by atoms with van der Waals surface area (Å²) in [5.41, 5.74) is 1.63. The molecule has 0 bridgehead atoms. The van der Waals surface area contributed by atoms with Crippen molar-refractivity contribution < 1.29 is 4.74 Å². The van der Waals surface area contributed by atoms with Crippen LogP contribution in [-0.4, -0.2) is 54.7 Å². The Morgan fingerprint density at radius 3 is 2.96 bits per heavy atom. The zero-order valence-electron chi connectivity index (χ0n) is 13.2. The summed E-state index contributed by atoms with van der Waals surface area (Å²) in [6, 6.07) is 2.44. The number of hydrogen-bond donors (Lipinski definition) is 1. The van der Waals surface area contributed by atoms with E-state index in [1.54, 1.807) is 0 Å². The van der Waals surface area contributed by atoms with E-state index in [9.17, 15) is 4.79 Å². The Balaban J connectivity index is 1.78. The predicted octanol–water partition coefficient (Wildman–Crippen LogP) is 1.76. The molecule has 0 saturated carbocycles. The van der Waals surface area contributed by atoms with Crippen LogP contribution in [0.4, 0.5) is 5.95 Å². The SMILES string of the molecule is CN(C)C1CN(c2nc3cc(Br)c4c(c3c(=O)[nH]2)OCCC4)C1. The van der Waals surface area contributed by atoms with E-state index in [0.717, 1.165) is 36.0 Å². The molecule has 2 aliphatic rings. The molecule has 1 saturated heterocycles. The van der Waals surface area contributed by atoms with Gasteiger partial charge in [-0.05, 0) is 33.0 Å². The second kappa shape index (κ2) is 5.49. The van der Waals surface area contributed by atoms with Gasteiger partial charge >= 0.3 is 0 Å². The lowest BCUT2D eigenvalue weighted by Crippen LogP contribution is -2.58. The fraction of sp³-hybridized carbons (Fsp3) is 0.500. The van der Waals surface area contributed by atoms with Crippen LogP contribution in [0.15, 0.2) is 15.3 Å². The van der Waals surface area contributed by atoms with Gasteiger partial charge in [-0.2, -0.15) is 0 Å². The smallest absolute Gasteiger partial charge is 0.263 e. The van der Waals surface area contributed by atoms with Gasteiger partial charge in [-0.25, -0.2) is 4.98 Å². The number of fused-ring (bicyclic) bond motifs is 3. The molecule has 1 aromatic carbocycles. The highest BCUT2D eigenvalue weighted by Crippen LogP contribution is 2.37. The van der Waals surface area contributed by atoms with E-state index in [4.69, 9.17) is 4.74 Å². The average molecular weight is 379 g/mol. The molecule has 122 valence electrons. The van der Waals surface area contributed by atoms with Crippen molar-refractivity contribution in [3.05, 3.63) is 26.5 Å². The molecule has 2 aromatic rings. The molecular weight excluding hydrogens is 360 g/mol. The third-order valence-electron chi connectivity index (χ3n) is 4.70. The highest BCUT2D eigenvalue weighted by atomic mass is 79.9. The van der Waals surface area contributed by atoms with Crippen molar-refractivity contribution in [3.63, 3.8) is 0 Å². The normalized spacial score (nSPS) is 18.0. The Morgan fingerprint density at radius 2 is 2.22 bits per heavy atom. The van der Waals surface area contributed by atoms with Gasteiger partial charge in [0, 0.05) is 29.2 Å². The summed E-state index contributed by atoms with van der Waals surface area (Å²) in [5, 5.41) is 0.566. The molecule has 2 aliphatic heterocycles. The van der Waals surface area contributed by atoms with Crippen LogP contribution in [0.3, 0.4) is 0 Å². The molecule has 0 amide bonds. The van der Waals surface area contributed by atoms with Gasteiger partial charge < -0.3 is 14.5 Å². The molecule has 0 spiro atoms. The van der Waals surface area contributed by atoms with Crippen LogP contribution in [-0.2, 0) is 6.42 Å². The highest BCUT2D eigenvalue weighted by Gasteiger charge is 2.30. The van der Waals surface area contributed by atoms with Crippen molar-refractivity contribution >= 4 is 32.8 Å². The third kappa shape index (κ3) is 2.42.